The predicted octanol–water partition coefficient (Wildman–Crippen LogP) is 2.95. The van der Waals surface area contributed by atoms with Gasteiger partial charge in [-0.15, -0.1) is 0 Å². The molecule has 0 radical (unpaired) electrons. The average molecular weight is 327 g/mol. The van der Waals surface area contributed by atoms with Crippen LogP contribution in [0.15, 0.2) is 54.1 Å². The highest BCUT2D eigenvalue weighted by Gasteiger charge is 2.09. The van der Waals surface area contributed by atoms with Gasteiger partial charge < -0.3 is 10.5 Å². The topological polar surface area (TPSA) is 93.2 Å². The molecule has 0 aliphatic carbocycles. The first kappa shape index (κ1) is 16.3. The van der Waals surface area contributed by atoms with Gasteiger partial charge in [-0.3, -0.25) is 4.79 Å². The number of ether oxygens (including phenoxy) is 1. The summed E-state index contributed by atoms with van der Waals surface area (Å²) in [5.41, 5.74) is 5.82. The van der Waals surface area contributed by atoms with Crippen LogP contribution in [-0.4, -0.2) is 11.9 Å². The molecule has 0 bridgehead atoms. The van der Waals surface area contributed by atoms with Crippen molar-refractivity contribution in [3.63, 3.8) is 0 Å². The van der Waals surface area contributed by atoms with Crippen LogP contribution in [0, 0.1) is 11.3 Å². The van der Waals surface area contributed by atoms with Crippen LogP contribution >= 0.6 is 11.6 Å². The fourth-order valence-electron chi connectivity index (χ4n) is 1.74. The van der Waals surface area contributed by atoms with E-state index < -0.39 is 11.9 Å². The second-order valence-electron chi connectivity index (χ2n) is 4.50. The maximum Gasteiger partial charge on any atom is 0.343 e. The standard InChI is InChI=1S/C17H11ClN2O3/c18-14-3-1-2-12(9-14)17(22)23-15-6-4-11(5-7-15)8-13(10-19)16(20)21/h1-9H,(H2,20,21)/b13-8+. The number of amides is 1. The van der Waals surface area contributed by atoms with Crippen LogP contribution in [0.25, 0.3) is 6.08 Å². The third-order valence-electron chi connectivity index (χ3n) is 2.85. The van der Waals surface area contributed by atoms with Crippen LogP contribution in [0.1, 0.15) is 15.9 Å². The number of hydrogen-bond acceptors (Lipinski definition) is 4. The molecular formula is C17H11ClN2O3. The van der Waals surface area contributed by atoms with Crippen molar-refractivity contribution in [2.45, 2.75) is 0 Å². The Morgan fingerprint density at radius 1 is 1.17 bits per heavy atom. The van der Waals surface area contributed by atoms with Crippen molar-refractivity contribution in [1.29, 1.82) is 5.26 Å². The number of esters is 1. The van der Waals surface area contributed by atoms with Crippen LogP contribution in [-0.2, 0) is 4.79 Å². The van der Waals surface area contributed by atoms with Crippen molar-refractivity contribution in [2.75, 3.05) is 0 Å². The molecule has 0 aromatic heterocycles. The van der Waals surface area contributed by atoms with Gasteiger partial charge in [-0.05, 0) is 42.0 Å². The summed E-state index contributed by atoms with van der Waals surface area (Å²) in [5.74, 6) is -1.01. The molecule has 114 valence electrons. The molecule has 2 N–H and O–H groups in total. The van der Waals surface area contributed by atoms with E-state index in [1.807, 2.05) is 0 Å². The molecule has 0 saturated heterocycles. The van der Waals surface area contributed by atoms with Crippen molar-refractivity contribution >= 4 is 29.6 Å². The fraction of sp³-hybridized carbons (Fsp3) is 0. The Morgan fingerprint density at radius 3 is 2.43 bits per heavy atom. The van der Waals surface area contributed by atoms with Crippen molar-refractivity contribution in [2.24, 2.45) is 5.73 Å². The van der Waals surface area contributed by atoms with Crippen LogP contribution in [0.4, 0.5) is 0 Å². The SMILES string of the molecule is N#C/C(=C\c1ccc(OC(=O)c2cccc(Cl)c2)cc1)C(N)=O. The third-order valence-corrected chi connectivity index (χ3v) is 3.08. The van der Waals surface area contributed by atoms with Gasteiger partial charge in [0.15, 0.2) is 0 Å². The second-order valence-corrected chi connectivity index (χ2v) is 4.94. The predicted molar refractivity (Wildman–Crippen MR) is 85.6 cm³/mol. The summed E-state index contributed by atoms with van der Waals surface area (Å²) in [6, 6.07) is 14.4. The molecule has 0 aliphatic rings. The molecule has 1 amide bonds. The van der Waals surface area contributed by atoms with Crippen LogP contribution in [0.2, 0.25) is 5.02 Å². The van der Waals surface area contributed by atoms with Crippen LogP contribution < -0.4 is 10.5 Å². The Balaban J connectivity index is 2.13. The van der Waals surface area contributed by atoms with E-state index in [2.05, 4.69) is 0 Å². The number of hydrogen-bond donors (Lipinski definition) is 1. The molecule has 5 nitrogen and oxygen atoms in total. The second kappa shape index (κ2) is 7.25. The van der Waals surface area contributed by atoms with E-state index in [0.717, 1.165) is 0 Å². The number of halogens is 1. The number of primary amides is 1. The highest BCUT2D eigenvalue weighted by molar-refractivity contribution is 6.30. The molecule has 6 heteroatoms. The number of rotatable bonds is 4. The highest BCUT2D eigenvalue weighted by Crippen LogP contribution is 2.17. The summed E-state index contributed by atoms with van der Waals surface area (Å²) >= 11 is 5.82. The third kappa shape index (κ3) is 4.43. The van der Waals surface area contributed by atoms with E-state index in [0.29, 0.717) is 21.9 Å². The van der Waals surface area contributed by atoms with Crippen LogP contribution in [0.3, 0.4) is 0 Å². The maximum absolute atomic E-state index is 12.0. The first-order valence-electron chi connectivity index (χ1n) is 6.49. The number of nitrogens with two attached hydrogens (primary N) is 1. The van der Waals surface area contributed by atoms with Gasteiger partial charge in [-0.2, -0.15) is 5.26 Å². The summed E-state index contributed by atoms with van der Waals surface area (Å²) < 4.78 is 5.21. The van der Waals surface area contributed by atoms with E-state index in [9.17, 15) is 9.59 Å². The number of carbonyl (C=O) groups is 2. The van der Waals surface area contributed by atoms with E-state index in [-0.39, 0.29) is 5.57 Å². The van der Waals surface area contributed by atoms with Crippen LogP contribution in [0.5, 0.6) is 5.75 Å². The molecule has 0 saturated carbocycles. The molecule has 0 spiro atoms. The Labute approximate surface area is 137 Å². The van der Waals surface area contributed by atoms with Crippen molar-refractivity contribution in [1.82, 2.24) is 0 Å². The molecule has 2 rings (SSSR count). The zero-order valence-corrected chi connectivity index (χ0v) is 12.6. The van der Waals surface area contributed by atoms with Crippen molar-refractivity contribution < 1.29 is 14.3 Å². The molecule has 0 atom stereocenters. The monoisotopic (exact) mass is 326 g/mol. The summed E-state index contributed by atoms with van der Waals surface area (Å²) in [4.78, 5) is 23.0. The first-order valence-corrected chi connectivity index (χ1v) is 6.87. The van der Waals surface area contributed by atoms with Gasteiger partial charge in [0.25, 0.3) is 5.91 Å². The van der Waals surface area contributed by atoms with Crippen molar-refractivity contribution in [3.8, 4) is 11.8 Å². The van der Waals surface area contributed by atoms with E-state index in [4.69, 9.17) is 27.3 Å². The molecule has 0 heterocycles. The van der Waals surface area contributed by atoms with Gasteiger partial charge in [0, 0.05) is 5.02 Å². The highest BCUT2D eigenvalue weighted by atomic mass is 35.5. The summed E-state index contributed by atoms with van der Waals surface area (Å²) in [5, 5.41) is 9.22. The first-order chi connectivity index (χ1) is 11.0. The number of nitriles is 1. The zero-order chi connectivity index (χ0) is 16.8. The zero-order valence-electron chi connectivity index (χ0n) is 11.8. The molecule has 0 unspecified atom stereocenters. The van der Waals surface area contributed by atoms with Crippen molar-refractivity contribution in [3.05, 3.63) is 70.3 Å². The number of nitrogens with zero attached hydrogens (tertiary/aromatic N) is 1. The molecule has 2 aromatic carbocycles. The minimum Gasteiger partial charge on any atom is -0.423 e. The number of benzene rings is 2. The Bertz CT molecular complexity index is 820. The molecule has 23 heavy (non-hydrogen) atoms. The minimum absolute atomic E-state index is 0.159. The molecular weight excluding hydrogens is 316 g/mol. The number of carbonyl (C=O) groups excluding carboxylic acids is 2. The molecule has 2 aromatic rings. The summed E-state index contributed by atoms with van der Waals surface area (Å²) in [7, 11) is 0. The largest absolute Gasteiger partial charge is 0.423 e. The van der Waals surface area contributed by atoms with Gasteiger partial charge in [-0.1, -0.05) is 29.8 Å². The normalized spacial score (nSPS) is 10.7. The van der Waals surface area contributed by atoms with Gasteiger partial charge >= 0.3 is 5.97 Å². The maximum atomic E-state index is 12.0. The average Bonchev–Trinajstić information content (AvgIpc) is 2.53. The molecule has 0 aliphatic heterocycles. The molecule has 0 fully saturated rings. The van der Waals surface area contributed by atoms with Gasteiger partial charge in [0.05, 0.1) is 5.56 Å². The smallest absolute Gasteiger partial charge is 0.343 e. The van der Waals surface area contributed by atoms with Gasteiger partial charge in [-0.25, -0.2) is 4.79 Å². The van der Waals surface area contributed by atoms with Gasteiger partial charge in [0.1, 0.15) is 17.4 Å². The lowest BCUT2D eigenvalue weighted by Gasteiger charge is -2.05. The fourth-order valence-corrected chi connectivity index (χ4v) is 1.93. The van der Waals surface area contributed by atoms with E-state index >= 15 is 0 Å². The Morgan fingerprint density at radius 2 is 1.87 bits per heavy atom. The summed E-state index contributed by atoms with van der Waals surface area (Å²) in [6.07, 6.45) is 1.35. The summed E-state index contributed by atoms with van der Waals surface area (Å²) in [6.45, 7) is 0. The lowest BCUT2D eigenvalue weighted by molar-refractivity contribution is -0.114. The quantitative estimate of drug-likeness (QED) is 0.404. The van der Waals surface area contributed by atoms with E-state index in [1.54, 1.807) is 48.5 Å². The Hall–Kier alpha value is -3.10. The minimum atomic E-state index is -0.802. The lowest BCUT2D eigenvalue weighted by atomic mass is 10.1. The lowest BCUT2D eigenvalue weighted by Crippen LogP contribution is -2.12. The van der Waals surface area contributed by atoms with Gasteiger partial charge in [0.2, 0.25) is 0 Å². The van der Waals surface area contributed by atoms with E-state index in [1.165, 1.54) is 12.1 Å². The Kier molecular flexibility index (Phi) is 5.13.